The molecule has 130 valence electrons. The highest BCUT2D eigenvalue weighted by Gasteiger charge is 2.27. The third-order valence-electron chi connectivity index (χ3n) is 5.36. The van der Waals surface area contributed by atoms with Crippen LogP contribution < -0.4 is 10.1 Å². The molecule has 2 heterocycles. The Bertz CT molecular complexity index is 672. The first-order valence-electron chi connectivity index (χ1n) is 8.99. The molecular weight excluding hydrogens is 300 g/mol. The van der Waals surface area contributed by atoms with E-state index in [0.29, 0.717) is 11.8 Å². The maximum absolute atomic E-state index is 10.0. The molecule has 2 aromatic rings. The molecule has 24 heavy (non-hydrogen) atoms. The molecule has 1 saturated heterocycles. The van der Waals surface area contributed by atoms with Gasteiger partial charge in [-0.1, -0.05) is 0 Å². The summed E-state index contributed by atoms with van der Waals surface area (Å²) in [6.45, 7) is 3.94. The smallest absolute Gasteiger partial charge is 0.119 e. The molecule has 2 N–H and O–H groups in total. The van der Waals surface area contributed by atoms with Gasteiger partial charge >= 0.3 is 0 Å². The van der Waals surface area contributed by atoms with E-state index < -0.39 is 0 Å². The normalized spacial score (nSPS) is 22.5. The lowest BCUT2D eigenvalue weighted by Gasteiger charge is -2.34. The molecule has 4 nitrogen and oxygen atoms in total. The Kier molecular flexibility index (Phi) is 5.69. The fourth-order valence-electron chi connectivity index (χ4n) is 3.94. The molecule has 0 bridgehead atoms. The summed E-state index contributed by atoms with van der Waals surface area (Å²) >= 11 is 0. The van der Waals surface area contributed by atoms with Crippen molar-refractivity contribution in [1.82, 2.24) is 10.3 Å². The molecule has 0 saturated carbocycles. The van der Waals surface area contributed by atoms with E-state index in [1.54, 1.807) is 7.11 Å². The number of ether oxygens (including phenoxy) is 1. The number of aliphatic hydroxyl groups excluding tert-OH is 1. The summed E-state index contributed by atoms with van der Waals surface area (Å²) in [6, 6.07) is 8.19. The van der Waals surface area contributed by atoms with Crippen molar-refractivity contribution >= 4 is 10.9 Å². The number of nitrogens with one attached hydrogen (secondary N) is 1. The number of methoxy groups -OCH3 is 1. The van der Waals surface area contributed by atoms with E-state index in [4.69, 9.17) is 4.74 Å². The predicted octanol–water partition coefficient (Wildman–Crippen LogP) is 3.17. The average molecular weight is 328 g/mol. The number of benzene rings is 1. The number of aromatic nitrogens is 1. The van der Waals surface area contributed by atoms with Crippen LogP contribution in [0.3, 0.4) is 0 Å². The van der Waals surface area contributed by atoms with Gasteiger partial charge in [-0.2, -0.15) is 0 Å². The molecule has 0 amide bonds. The number of pyridine rings is 1. The molecular formula is C20H28N2O2. The second-order valence-corrected chi connectivity index (χ2v) is 6.90. The number of fused-ring (bicyclic) bond motifs is 1. The second-order valence-electron chi connectivity index (χ2n) is 6.90. The quantitative estimate of drug-likeness (QED) is 0.855. The molecule has 1 aliphatic rings. The van der Waals surface area contributed by atoms with Gasteiger partial charge < -0.3 is 15.2 Å². The minimum Gasteiger partial charge on any atom is -0.497 e. The maximum Gasteiger partial charge on any atom is 0.119 e. The summed E-state index contributed by atoms with van der Waals surface area (Å²) in [7, 11) is 1.70. The minimum absolute atomic E-state index is 0.228. The fourth-order valence-corrected chi connectivity index (χ4v) is 3.94. The summed E-state index contributed by atoms with van der Waals surface area (Å²) in [5, 5.41) is 14.6. The standard InChI is InChI=1S/C20H28N2O2/c1-14(23)19-13-21-10-8-16(19)5-3-4-15-9-11-22-20-7-6-17(24-2)12-18(15)20/h6-7,9,11-12,14,16,19,21,23H,3-5,8,10,13H2,1-2H3/t14?,16-,19-/m1/s1. The van der Waals surface area contributed by atoms with E-state index in [-0.39, 0.29) is 6.10 Å². The maximum atomic E-state index is 10.0. The molecule has 1 unspecified atom stereocenters. The number of piperidine rings is 1. The van der Waals surface area contributed by atoms with E-state index in [2.05, 4.69) is 22.4 Å². The molecule has 0 spiro atoms. The van der Waals surface area contributed by atoms with Crippen molar-refractivity contribution in [2.75, 3.05) is 20.2 Å². The van der Waals surface area contributed by atoms with Crippen molar-refractivity contribution < 1.29 is 9.84 Å². The molecule has 1 aromatic heterocycles. The van der Waals surface area contributed by atoms with Crippen LogP contribution in [0.1, 0.15) is 31.7 Å². The van der Waals surface area contributed by atoms with Gasteiger partial charge in [0.05, 0.1) is 18.7 Å². The first-order valence-corrected chi connectivity index (χ1v) is 8.99. The Morgan fingerprint density at radius 3 is 3.04 bits per heavy atom. The largest absolute Gasteiger partial charge is 0.497 e. The van der Waals surface area contributed by atoms with Crippen molar-refractivity contribution in [1.29, 1.82) is 0 Å². The lowest BCUT2D eigenvalue weighted by Crippen LogP contribution is -2.41. The summed E-state index contributed by atoms with van der Waals surface area (Å²) in [6.07, 6.45) is 6.19. The fraction of sp³-hybridized carbons (Fsp3) is 0.550. The van der Waals surface area contributed by atoms with Crippen LogP contribution in [0.25, 0.3) is 10.9 Å². The van der Waals surface area contributed by atoms with Gasteiger partial charge in [-0.15, -0.1) is 0 Å². The topological polar surface area (TPSA) is 54.4 Å². The number of nitrogens with zero attached hydrogens (tertiary/aromatic N) is 1. The Hall–Kier alpha value is -1.65. The number of aliphatic hydroxyl groups is 1. The van der Waals surface area contributed by atoms with Gasteiger partial charge in [0.1, 0.15) is 5.75 Å². The first-order chi connectivity index (χ1) is 11.7. The van der Waals surface area contributed by atoms with Crippen LogP contribution in [0, 0.1) is 11.8 Å². The Morgan fingerprint density at radius 2 is 2.25 bits per heavy atom. The SMILES string of the molecule is COc1ccc2nccc(CCC[C@@H]3CCNC[C@@H]3C(C)O)c2c1. The predicted molar refractivity (Wildman–Crippen MR) is 97.4 cm³/mol. The average Bonchev–Trinajstić information content (AvgIpc) is 2.61. The highest BCUT2D eigenvalue weighted by atomic mass is 16.5. The summed E-state index contributed by atoms with van der Waals surface area (Å²) < 4.78 is 5.35. The van der Waals surface area contributed by atoms with Gasteiger partial charge in [-0.3, -0.25) is 4.98 Å². The molecule has 0 radical (unpaired) electrons. The molecule has 3 atom stereocenters. The molecule has 0 aliphatic carbocycles. The number of hydrogen-bond donors (Lipinski definition) is 2. The summed E-state index contributed by atoms with van der Waals surface area (Å²) in [5.41, 5.74) is 2.36. The van der Waals surface area contributed by atoms with Crippen LogP contribution in [0.4, 0.5) is 0 Å². The zero-order chi connectivity index (χ0) is 16.9. The lowest BCUT2D eigenvalue weighted by atomic mass is 9.80. The molecule has 4 heteroatoms. The van der Waals surface area contributed by atoms with Crippen LogP contribution in [-0.4, -0.2) is 36.4 Å². The Labute approximate surface area is 144 Å². The van der Waals surface area contributed by atoms with Crippen molar-refractivity contribution in [3.63, 3.8) is 0 Å². The van der Waals surface area contributed by atoms with Gasteiger partial charge in [0, 0.05) is 18.1 Å². The second kappa shape index (κ2) is 7.95. The van der Waals surface area contributed by atoms with E-state index in [1.165, 1.54) is 23.8 Å². The van der Waals surface area contributed by atoms with E-state index in [1.807, 2.05) is 25.3 Å². The molecule has 1 aliphatic heterocycles. The van der Waals surface area contributed by atoms with Crippen LogP contribution in [0.5, 0.6) is 5.75 Å². The van der Waals surface area contributed by atoms with Gasteiger partial charge in [0.2, 0.25) is 0 Å². The summed E-state index contributed by atoms with van der Waals surface area (Å²) in [4.78, 5) is 4.45. The third kappa shape index (κ3) is 3.87. The number of hydrogen-bond acceptors (Lipinski definition) is 4. The molecule has 1 fully saturated rings. The molecule has 1 aromatic carbocycles. The Balaban J connectivity index is 1.67. The highest BCUT2D eigenvalue weighted by Crippen LogP contribution is 2.29. The van der Waals surface area contributed by atoms with Crippen LogP contribution in [-0.2, 0) is 6.42 Å². The highest BCUT2D eigenvalue weighted by molar-refractivity contribution is 5.83. The molecule has 3 rings (SSSR count). The van der Waals surface area contributed by atoms with Crippen LogP contribution in [0.2, 0.25) is 0 Å². The van der Waals surface area contributed by atoms with E-state index >= 15 is 0 Å². The zero-order valence-electron chi connectivity index (χ0n) is 14.7. The first kappa shape index (κ1) is 17.2. The lowest BCUT2D eigenvalue weighted by molar-refractivity contribution is 0.0658. The van der Waals surface area contributed by atoms with Crippen LogP contribution in [0.15, 0.2) is 30.5 Å². The van der Waals surface area contributed by atoms with Gasteiger partial charge in [-0.25, -0.2) is 0 Å². The van der Waals surface area contributed by atoms with Gasteiger partial charge in [0.25, 0.3) is 0 Å². The number of aryl methyl sites for hydroxylation is 1. The van der Waals surface area contributed by atoms with E-state index in [0.717, 1.165) is 37.2 Å². The van der Waals surface area contributed by atoms with Gasteiger partial charge in [-0.05, 0) is 80.8 Å². The van der Waals surface area contributed by atoms with Crippen LogP contribution >= 0.6 is 0 Å². The van der Waals surface area contributed by atoms with Crippen molar-refractivity contribution in [2.45, 2.75) is 38.7 Å². The van der Waals surface area contributed by atoms with Crippen molar-refractivity contribution in [3.05, 3.63) is 36.0 Å². The van der Waals surface area contributed by atoms with Gasteiger partial charge in [0.15, 0.2) is 0 Å². The number of rotatable bonds is 6. The minimum atomic E-state index is -0.228. The van der Waals surface area contributed by atoms with Crippen molar-refractivity contribution in [3.8, 4) is 5.75 Å². The Morgan fingerprint density at radius 1 is 1.38 bits per heavy atom. The van der Waals surface area contributed by atoms with E-state index in [9.17, 15) is 5.11 Å². The monoisotopic (exact) mass is 328 g/mol. The van der Waals surface area contributed by atoms with Crippen molar-refractivity contribution in [2.24, 2.45) is 11.8 Å². The zero-order valence-corrected chi connectivity index (χ0v) is 14.7. The third-order valence-corrected chi connectivity index (χ3v) is 5.36. The summed E-state index contributed by atoms with van der Waals surface area (Å²) in [5.74, 6) is 1.88.